The van der Waals surface area contributed by atoms with Crippen LogP contribution in [0.3, 0.4) is 0 Å². The molecule has 0 fully saturated rings. The van der Waals surface area contributed by atoms with Gasteiger partial charge in [0, 0.05) is 22.0 Å². The van der Waals surface area contributed by atoms with Gasteiger partial charge in [-0.1, -0.05) is 66.7 Å². The summed E-state index contributed by atoms with van der Waals surface area (Å²) in [5, 5.41) is 2.33. The summed E-state index contributed by atoms with van der Waals surface area (Å²) in [7, 11) is -3.71. The smallest absolute Gasteiger partial charge is 0.206 e. The maximum atomic E-state index is 13.5. The standard InChI is InChI=1S/C31H21N3O2S/c35-37(36,24-18-19-27-28(20-24)33-31(32-27)21-8-2-1-3-9-21)23-16-14-22(15-17-23)34-29-12-6-4-10-25(29)26-11-5-7-13-30(26)34/h1-20H,(H,32,33). The molecule has 0 aliphatic heterocycles. The number of hydrogen-bond donors (Lipinski definition) is 1. The number of H-pyrrole nitrogens is 1. The number of nitrogens with zero attached hydrogens (tertiary/aromatic N) is 2. The molecule has 0 saturated carbocycles. The lowest BCUT2D eigenvalue weighted by atomic mass is 10.2. The van der Waals surface area contributed by atoms with Crippen LogP contribution >= 0.6 is 0 Å². The number of benzene rings is 5. The summed E-state index contributed by atoms with van der Waals surface area (Å²) in [6, 6.07) is 38.4. The molecule has 0 unspecified atom stereocenters. The van der Waals surface area contributed by atoms with E-state index in [2.05, 4.69) is 38.8 Å². The number of aromatic amines is 1. The number of imidazole rings is 1. The minimum atomic E-state index is -3.71. The van der Waals surface area contributed by atoms with E-state index < -0.39 is 9.84 Å². The first-order valence-electron chi connectivity index (χ1n) is 12.0. The van der Waals surface area contributed by atoms with E-state index in [-0.39, 0.29) is 9.79 Å². The molecular formula is C31H21N3O2S. The van der Waals surface area contributed by atoms with Gasteiger partial charge in [0.25, 0.3) is 0 Å². The van der Waals surface area contributed by atoms with E-state index in [0.717, 1.165) is 38.6 Å². The summed E-state index contributed by atoms with van der Waals surface area (Å²) < 4.78 is 29.2. The highest BCUT2D eigenvalue weighted by Crippen LogP contribution is 2.33. The fourth-order valence-corrected chi connectivity index (χ4v) is 6.29. The van der Waals surface area contributed by atoms with Crippen molar-refractivity contribution >= 4 is 42.7 Å². The third kappa shape index (κ3) is 3.45. The summed E-state index contributed by atoms with van der Waals surface area (Å²) >= 11 is 0. The number of rotatable bonds is 4. The van der Waals surface area contributed by atoms with E-state index in [9.17, 15) is 8.42 Å². The largest absolute Gasteiger partial charge is 0.338 e. The van der Waals surface area contributed by atoms with Crippen LogP contribution < -0.4 is 0 Å². The predicted octanol–water partition coefficient (Wildman–Crippen LogP) is 7.16. The summed E-state index contributed by atoms with van der Waals surface area (Å²) in [5.41, 5.74) is 5.43. The molecule has 5 nitrogen and oxygen atoms in total. The fraction of sp³-hybridized carbons (Fsp3) is 0. The second-order valence-corrected chi connectivity index (χ2v) is 10.9. The maximum absolute atomic E-state index is 13.5. The molecule has 0 radical (unpaired) electrons. The van der Waals surface area contributed by atoms with Crippen LogP contribution in [0, 0.1) is 0 Å². The van der Waals surface area contributed by atoms with Crippen LogP contribution in [0.1, 0.15) is 0 Å². The van der Waals surface area contributed by atoms with Crippen molar-refractivity contribution in [1.82, 2.24) is 14.5 Å². The molecule has 1 N–H and O–H groups in total. The minimum absolute atomic E-state index is 0.230. The summed E-state index contributed by atoms with van der Waals surface area (Å²) in [5.74, 6) is 0.709. The van der Waals surface area contributed by atoms with Crippen molar-refractivity contribution in [3.05, 3.63) is 121 Å². The van der Waals surface area contributed by atoms with E-state index in [1.807, 2.05) is 66.7 Å². The SMILES string of the molecule is O=S(=O)(c1ccc(-n2c3ccccc3c3ccccc32)cc1)c1ccc2nc(-c3ccccc3)[nH]c2c1. The van der Waals surface area contributed by atoms with Crippen molar-refractivity contribution in [1.29, 1.82) is 0 Å². The first-order valence-corrected chi connectivity index (χ1v) is 13.5. The molecule has 0 aliphatic carbocycles. The number of para-hydroxylation sites is 2. The van der Waals surface area contributed by atoms with E-state index in [0.29, 0.717) is 11.3 Å². The Balaban J connectivity index is 1.29. The predicted molar refractivity (Wildman–Crippen MR) is 148 cm³/mol. The highest BCUT2D eigenvalue weighted by molar-refractivity contribution is 7.91. The topological polar surface area (TPSA) is 67.8 Å². The zero-order chi connectivity index (χ0) is 25.0. The molecule has 7 aromatic rings. The van der Waals surface area contributed by atoms with Gasteiger partial charge in [0.15, 0.2) is 0 Å². The van der Waals surface area contributed by atoms with E-state index in [1.165, 1.54) is 0 Å². The summed E-state index contributed by atoms with van der Waals surface area (Å²) in [6.45, 7) is 0. The van der Waals surface area contributed by atoms with Gasteiger partial charge in [0.05, 0.1) is 31.9 Å². The molecule has 37 heavy (non-hydrogen) atoms. The van der Waals surface area contributed by atoms with Gasteiger partial charge in [0.1, 0.15) is 5.82 Å². The average Bonchev–Trinajstić information content (AvgIpc) is 3.53. The Kier molecular flexibility index (Phi) is 4.77. The molecule has 0 amide bonds. The van der Waals surface area contributed by atoms with Gasteiger partial charge in [-0.25, -0.2) is 13.4 Å². The third-order valence-electron chi connectivity index (χ3n) is 6.80. The van der Waals surface area contributed by atoms with Gasteiger partial charge >= 0.3 is 0 Å². The highest BCUT2D eigenvalue weighted by atomic mass is 32.2. The van der Waals surface area contributed by atoms with Crippen molar-refractivity contribution in [3.63, 3.8) is 0 Å². The van der Waals surface area contributed by atoms with E-state index >= 15 is 0 Å². The van der Waals surface area contributed by atoms with Crippen molar-refractivity contribution in [3.8, 4) is 17.1 Å². The van der Waals surface area contributed by atoms with Crippen LogP contribution in [0.2, 0.25) is 0 Å². The van der Waals surface area contributed by atoms with Crippen LogP contribution in [-0.2, 0) is 9.84 Å². The molecule has 0 atom stereocenters. The molecule has 2 heterocycles. The first kappa shape index (κ1) is 21.6. The van der Waals surface area contributed by atoms with Gasteiger partial charge < -0.3 is 9.55 Å². The quantitative estimate of drug-likeness (QED) is 0.279. The zero-order valence-electron chi connectivity index (χ0n) is 19.7. The number of hydrogen-bond acceptors (Lipinski definition) is 3. The maximum Gasteiger partial charge on any atom is 0.206 e. The molecule has 7 rings (SSSR count). The Hall–Kier alpha value is -4.68. The summed E-state index contributed by atoms with van der Waals surface area (Å²) in [6.07, 6.45) is 0. The molecule has 0 bridgehead atoms. The molecular weight excluding hydrogens is 478 g/mol. The lowest BCUT2D eigenvalue weighted by molar-refractivity contribution is 0.596. The van der Waals surface area contributed by atoms with Gasteiger partial charge in [-0.05, 0) is 54.6 Å². The Labute approximate surface area is 213 Å². The third-order valence-corrected chi connectivity index (χ3v) is 8.56. The molecule has 2 aromatic heterocycles. The number of aromatic nitrogens is 3. The van der Waals surface area contributed by atoms with Crippen LogP contribution in [-0.4, -0.2) is 23.0 Å². The zero-order valence-corrected chi connectivity index (χ0v) is 20.5. The lowest BCUT2D eigenvalue weighted by Crippen LogP contribution is -2.02. The average molecular weight is 500 g/mol. The van der Waals surface area contributed by atoms with E-state index in [1.54, 1.807) is 30.3 Å². The molecule has 0 spiro atoms. The summed E-state index contributed by atoms with van der Waals surface area (Å²) in [4.78, 5) is 8.35. The van der Waals surface area contributed by atoms with Crippen LogP contribution in [0.15, 0.2) is 131 Å². The molecule has 6 heteroatoms. The Morgan fingerprint density at radius 2 is 1.22 bits per heavy atom. The van der Waals surface area contributed by atoms with Gasteiger partial charge in [-0.15, -0.1) is 0 Å². The second-order valence-electron chi connectivity index (χ2n) is 9.00. The lowest BCUT2D eigenvalue weighted by Gasteiger charge is -2.10. The fourth-order valence-electron chi connectivity index (χ4n) is 5.00. The Bertz CT molecular complexity index is 1980. The van der Waals surface area contributed by atoms with Gasteiger partial charge in [0.2, 0.25) is 9.84 Å². The number of nitrogens with one attached hydrogen (secondary N) is 1. The molecule has 5 aromatic carbocycles. The van der Waals surface area contributed by atoms with Crippen LogP contribution in [0.25, 0.3) is 49.9 Å². The van der Waals surface area contributed by atoms with Gasteiger partial charge in [-0.2, -0.15) is 0 Å². The van der Waals surface area contributed by atoms with Crippen molar-refractivity contribution in [2.24, 2.45) is 0 Å². The minimum Gasteiger partial charge on any atom is -0.338 e. The van der Waals surface area contributed by atoms with E-state index in [4.69, 9.17) is 0 Å². The normalized spacial score (nSPS) is 12.0. The number of sulfone groups is 1. The van der Waals surface area contributed by atoms with Crippen molar-refractivity contribution < 1.29 is 8.42 Å². The molecule has 178 valence electrons. The van der Waals surface area contributed by atoms with Crippen molar-refractivity contribution in [2.45, 2.75) is 9.79 Å². The first-order chi connectivity index (χ1) is 18.1. The van der Waals surface area contributed by atoms with Crippen LogP contribution in [0.5, 0.6) is 0 Å². The molecule has 0 aliphatic rings. The van der Waals surface area contributed by atoms with Crippen LogP contribution in [0.4, 0.5) is 0 Å². The Morgan fingerprint density at radius 1 is 0.622 bits per heavy atom. The van der Waals surface area contributed by atoms with Gasteiger partial charge in [-0.3, -0.25) is 0 Å². The highest BCUT2D eigenvalue weighted by Gasteiger charge is 2.20. The second kappa shape index (κ2) is 8.18. The Morgan fingerprint density at radius 3 is 1.89 bits per heavy atom. The molecule has 0 saturated heterocycles. The monoisotopic (exact) mass is 499 g/mol. The van der Waals surface area contributed by atoms with Crippen molar-refractivity contribution in [2.75, 3.05) is 0 Å². The number of fused-ring (bicyclic) bond motifs is 4.